The van der Waals surface area contributed by atoms with Crippen LogP contribution in [0.2, 0.25) is 0 Å². The molecular weight excluding hydrogens is 166 g/mol. The normalized spacial score (nSPS) is 32.8. The Balaban J connectivity index is 2.12. The second-order valence-electron chi connectivity index (χ2n) is 3.75. The molecule has 0 aromatic heterocycles. The standard InChI is InChI=1S/C10H11NO2/c1-3-4-6(2)11-9(12)7-5-8(7)10(11)13/h1,6-8H,4-5H2,2H3. The maximum atomic E-state index is 11.5. The summed E-state index contributed by atoms with van der Waals surface area (Å²) >= 11 is 0. The van der Waals surface area contributed by atoms with Crippen LogP contribution in [0.25, 0.3) is 0 Å². The number of fused-ring (bicyclic) bond motifs is 1. The van der Waals surface area contributed by atoms with E-state index in [1.807, 2.05) is 6.92 Å². The molecule has 3 heteroatoms. The molecule has 1 aliphatic heterocycles. The van der Waals surface area contributed by atoms with Crippen molar-refractivity contribution in [3.05, 3.63) is 0 Å². The first-order chi connectivity index (χ1) is 6.16. The molecule has 2 amide bonds. The summed E-state index contributed by atoms with van der Waals surface area (Å²) in [6, 6.07) is -0.127. The molecule has 2 aliphatic rings. The maximum absolute atomic E-state index is 11.5. The molecule has 68 valence electrons. The summed E-state index contributed by atoms with van der Waals surface area (Å²) in [5, 5.41) is 0. The van der Waals surface area contributed by atoms with Crippen molar-refractivity contribution in [1.29, 1.82) is 0 Å². The third-order valence-corrected chi connectivity index (χ3v) is 2.75. The number of imide groups is 1. The smallest absolute Gasteiger partial charge is 0.233 e. The molecule has 0 aromatic rings. The molecule has 2 fully saturated rings. The second kappa shape index (κ2) is 2.59. The summed E-state index contributed by atoms with van der Waals surface area (Å²) in [4.78, 5) is 24.4. The number of carbonyl (C=O) groups is 2. The van der Waals surface area contributed by atoms with E-state index in [9.17, 15) is 9.59 Å². The van der Waals surface area contributed by atoms with Crippen LogP contribution >= 0.6 is 0 Å². The van der Waals surface area contributed by atoms with E-state index >= 15 is 0 Å². The van der Waals surface area contributed by atoms with Crippen molar-refractivity contribution in [3.63, 3.8) is 0 Å². The number of terminal acetylenes is 1. The van der Waals surface area contributed by atoms with E-state index in [1.54, 1.807) is 0 Å². The van der Waals surface area contributed by atoms with Gasteiger partial charge in [-0.3, -0.25) is 14.5 Å². The van der Waals surface area contributed by atoms with E-state index in [4.69, 9.17) is 6.42 Å². The Hall–Kier alpha value is -1.30. The minimum absolute atomic E-state index is 0.00674. The fourth-order valence-electron chi connectivity index (χ4n) is 1.90. The largest absolute Gasteiger partial charge is 0.278 e. The second-order valence-corrected chi connectivity index (χ2v) is 3.75. The van der Waals surface area contributed by atoms with Gasteiger partial charge in [-0.1, -0.05) is 0 Å². The minimum Gasteiger partial charge on any atom is -0.278 e. The zero-order valence-electron chi connectivity index (χ0n) is 7.49. The van der Waals surface area contributed by atoms with Gasteiger partial charge in [-0.05, 0) is 13.3 Å². The highest BCUT2D eigenvalue weighted by Crippen LogP contribution is 2.47. The van der Waals surface area contributed by atoms with E-state index in [0.717, 1.165) is 6.42 Å². The summed E-state index contributed by atoms with van der Waals surface area (Å²) in [7, 11) is 0. The Morgan fingerprint density at radius 2 is 2.08 bits per heavy atom. The molecule has 1 heterocycles. The van der Waals surface area contributed by atoms with Crippen molar-refractivity contribution >= 4 is 11.8 Å². The van der Waals surface area contributed by atoms with Gasteiger partial charge in [-0.2, -0.15) is 0 Å². The van der Waals surface area contributed by atoms with Crippen LogP contribution in [0.1, 0.15) is 19.8 Å². The van der Waals surface area contributed by atoms with Crippen LogP contribution in [0.3, 0.4) is 0 Å². The van der Waals surface area contributed by atoms with Crippen LogP contribution in [-0.2, 0) is 9.59 Å². The van der Waals surface area contributed by atoms with E-state index in [2.05, 4.69) is 5.92 Å². The van der Waals surface area contributed by atoms with Crippen molar-refractivity contribution in [1.82, 2.24) is 4.90 Å². The van der Waals surface area contributed by atoms with Crippen molar-refractivity contribution in [2.45, 2.75) is 25.8 Å². The molecule has 0 N–H and O–H groups in total. The third-order valence-electron chi connectivity index (χ3n) is 2.75. The highest BCUT2D eigenvalue weighted by Gasteiger charge is 2.59. The Bertz CT molecular complexity index is 295. The van der Waals surface area contributed by atoms with Crippen LogP contribution in [0.5, 0.6) is 0 Å². The van der Waals surface area contributed by atoms with Gasteiger partial charge in [0.2, 0.25) is 11.8 Å². The fraction of sp³-hybridized carbons (Fsp3) is 0.600. The third kappa shape index (κ3) is 1.06. The molecule has 0 radical (unpaired) electrons. The lowest BCUT2D eigenvalue weighted by atomic mass is 10.2. The Morgan fingerprint density at radius 1 is 1.54 bits per heavy atom. The molecule has 0 spiro atoms. The monoisotopic (exact) mass is 177 g/mol. The zero-order valence-corrected chi connectivity index (χ0v) is 7.49. The van der Waals surface area contributed by atoms with Crippen molar-refractivity contribution in [3.8, 4) is 12.3 Å². The number of hydrogen-bond acceptors (Lipinski definition) is 2. The van der Waals surface area contributed by atoms with Crippen LogP contribution in [0.15, 0.2) is 0 Å². The first-order valence-electron chi connectivity index (χ1n) is 4.47. The Labute approximate surface area is 77.1 Å². The van der Waals surface area contributed by atoms with Gasteiger partial charge in [0.1, 0.15) is 0 Å². The quantitative estimate of drug-likeness (QED) is 0.452. The molecule has 2 rings (SSSR count). The summed E-state index contributed by atoms with van der Waals surface area (Å²) in [5.74, 6) is 2.42. The molecule has 1 aliphatic carbocycles. The molecule has 0 bridgehead atoms. The lowest BCUT2D eigenvalue weighted by molar-refractivity contribution is -0.143. The Kier molecular flexibility index (Phi) is 1.66. The molecule has 3 unspecified atom stereocenters. The summed E-state index contributed by atoms with van der Waals surface area (Å²) in [6.45, 7) is 1.82. The average molecular weight is 177 g/mol. The first-order valence-corrected chi connectivity index (χ1v) is 4.47. The molecule has 1 saturated heterocycles. The Morgan fingerprint density at radius 3 is 2.54 bits per heavy atom. The number of piperidine rings is 1. The fourth-order valence-corrected chi connectivity index (χ4v) is 1.90. The number of hydrogen-bond donors (Lipinski definition) is 0. The van der Waals surface area contributed by atoms with Crippen LogP contribution < -0.4 is 0 Å². The van der Waals surface area contributed by atoms with Gasteiger partial charge in [0.25, 0.3) is 0 Å². The molecule has 3 atom stereocenters. The van der Waals surface area contributed by atoms with Gasteiger partial charge >= 0.3 is 0 Å². The molecule has 0 aromatic carbocycles. The number of nitrogens with zero attached hydrogens (tertiary/aromatic N) is 1. The number of amides is 2. The summed E-state index contributed by atoms with van der Waals surface area (Å²) < 4.78 is 0. The van der Waals surface area contributed by atoms with Gasteiger partial charge in [0, 0.05) is 12.5 Å². The van der Waals surface area contributed by atoms with Crippen molar-refractivity contribution < 1.29 is 9.59 Å². The van der Waals surface area contributed by atoms with E-state index in [-0.39, 0.29) is 29.7 Å². The van der Waals surface area contributed by atoms with E-state index in [0.29, 0.717) is 6.42 Å². The summed E-state index contributed by atoms with van der Waals surface area (Å²) in [5.41, 5.74) is 0. The molecule has 3 nitrogen and oxygen atoms in total. The summed E-state index contributed by atoms with van der Waals surface area (Å²) in [6.07, 6.45) is 6.35. The van der Waals surface area contributed by atoms with Gasteiger partial charge < -0.3 is 0 Å². The highest BCUT2D eigenvalue weighted by atomic mass is 16.2. The van der Waals surface area contributed by atoms with Gasteiger partial charge in [0.15, 0.2) is 0 Å². The van der Waals surface area contributed by atoms with Gasteiger partial charge in [-0.15, -0.1) is 12.3 Å². The molecule has 1 saturated carbocycles. The van der Waals surface area contributed by atoms with Crippen LogP contribution in [-0.4, -0.2) is 22.8 Å². The van der Waals surface area contributed by atoms with Crippen LogP contribution in [0, 0.1) is 24.2 Å². The van der Waals surface area contributed by atoms with Gasteiger partial charge in [0.05, 0.1) is 11.8 Å². The predicted octanol–water partition coefficient (Wildman–Crippen LogP) is 0.403. The van der Waals surface area contributed by atoms with E-state index < -0.39 is 0 Å². The van der Waals surface area contributed by atoms with E-state index in [1.165, 1.54) is 4.90 Å². The maximum Gasteiger partial charge on any atom is 0.233 e. The lowest BCUT2D eigenvalue weighted by Crippen LogP contribution is -2.40. The number of likely N-dealkylation sites (tertiary alicyclic amines) is 1. The van der Waals surface area contributed by atoms with Crippen molar-refractivity contribution in [2.75, 3.05) is 0 Å². The number of rotatable bonds is 2. The SMILES string of the molecule is C#CCC(C)N1C(=O)C2CC2C1=O. The number of carbonyl (C=O) groups excluding carboxylic acids is 2. The molecule has 13 heavy (non-hydrogen) atoms. The predicted molar refractivity (Wildman–Crippen MR) is 46.4 cm³/mol. The first kappa shape index (κ1) is 8.31. The van der Waals surface area contributed by atoms with Gasteiger partial charge in [-0.25, -0.2) is 0 Å². The lowest BCUT2D eigenvalue weighted by Gasteiger charge is -2.22. The van der Waals surface area contributed by atoms with Crippen molar-refractivity contribution in [2.24, 2.45) is 11.8 Å². The highest BCUT2D eigenvalue weighted by molar-refractivity contribution is 6.09. The molecular formula is C10H11NO2. The topological polar surface area (TPSA) is 37.4 Å². The average Bonchev–Trinajstić information content (AvgIpc) is 2.78. The zero-order chi connectivity index (χ0) is 9.59. The minimum atomic E-state index is -0.127. The van der Waals surface area contributed by atoms with Crippen LogP contribution in [0.4, 0.5) is 0 Å².